The summed E-state index contributed by atoms with van der Waals surface area (Å²) in [6.45, 7) is 0. The maximum absolute atomic E-state index is 12.7. The fraction of sp³-hybridized carbons (Fsp3) is 0.0909. The molecule has 0 fully saturated rings. The Morgan fingerprint density at radius 3 is 2.44 bits per heavy atom. The van der Waals surface area contributed by atoms with Crippen molar-refractivity contribution >= 4 is 28.8 Å². The number of rotatable bonds is 5. The third-order valence-corrected chi connectivity index (χ3v) is 4.01. The topological polar surface area (TPSA) is 61.8 Å². The molecule has 0 radical (unpaired) electrons. The lowest BCUT2D eigenvalue weighted by Crippen LogP contribution is -2.10. The summed E-state index contributed by atoms with van der Waals surface area (Å²) in [6, 6.07) is 18.1. The maximum atomic E-state index is 12.7. The first kappa shape index (κ1) is 18.2. The number of carbonyl (C=O) groups is 2. The van der Waals surface area contributed by atoms with Crippen LogP contribution in [0.5, 0.6) is 11.5 Å². The number of fused-ring (bicyclic) bond motifs is 1. The van der Waals surface area contributed by atoms with E-state index < -0.39 is 11.9 Å². The zero-order chi connectivity index (χ0) is 19.2. The highest BCUT2D eigenvalue weighted by atomic mass is 16.6. The Hall–Kier alpha value is -3.60. The molecule has 27 heavy (non-hydrogen) atoms. The number of benzene rings is 3. The lowest BCUT2D eigenvalue weighted by atomic mass is 10.0. The molecule has 5 nitrogen and oxygen atoms in total. The maximum Gasteiger partial charge on any atom is 0.344 e. The van der Waals surface area contributed by atoms with Gasteiger partial charge in [0.05, 0.1) is 19.8 Å². The van der Waals surface area contributed by atoms with Gasteiger partial charge in [-0.25, -0.2) is 9.59 Å². The molecular formula is C22H18O5. The number of hydrogen-bond donors (Lipinski definition) is 0. The smallest absolute Gasteiger partial charge is 0.344 e. The van der Waals surface area contributed by atoms with Crippen LogP contribution in [0, 0.1) is 0 Å². The molecule has 3 rings (SSSR count). The molecule has 0 spiro atoms. The molecule has 0 aromatic heterocycles. The van der Waals surface area contributed by atoms with E-state index in [2.05, 4.69) is 4.74 Å². The van der Waals surface area contributed by atoms with E-state index in [1.165, 1.54) is 20.3 Å². The Morgan fingerprint density at radius 1 is 0.889 bits per heavy atom. The van der Waals surface area contributed by atoms with Crippen molar-refractivity contribution in [2.45, 2.75) is 0 Å². The van der Waals surface area contributed by atoms with Gasteiger partial charge in [-0.3, -0.25) is 0 Å². The van der Waals surface area contributed by atoms with Gasteiger partial charge < -0.3 is 14.2 Å². The Morgan fingerprint density at radius 2 is 1.67 bits per heavy atom. The van der Waals surface area contributed by atoms with E-state index in [1.807, 2.05) is 36.4 Å². The molecule has 0 heterocycles. The molecule has 0 atom stereocenters. The lowest BCUT2D eigenvalue weighted by molar-refractivity contribution is -0.134. The zero-order valence-electron chi connectivity index (χ0n) is 15.0. The van der Waals surface area contributed by atoms with Crippen LogP contribution >= 0.6 is 0 Å². The van der Waals surface area contributed by atoms with Gasteiger partial charge in [0.15, 0.2) is 11.5 Å². The number of carbonyl (C=O) groups excluding carboxylic acids is 2. The van der Waals surface area contributed by atoms with E-state index in [1.54, 1.807) is 30.3 Å². The van der Waals surface area contributed by atoms with Crippen LogP contribution < -0.4 is 9.47 Å². The molecule has 0 bridgehead atoms. The summed E-state index contributed by atoms with van der Waals surface area (Å²) in [6.07, 6.45) is 2.89. The third kappa shape index (κ3) is 4.15. The van der Waals surface area contributed by atoms with Crippen molar-refractivity contribution in [3.63, 3.8) is 0 Å². The van der Waals surface area contributed by atoms with E-state index in [4.69, 9.17) is 9.47 Å². The summed E-state index contributed by atoms with van der Waals surface area (Å²) in [5, 5.41) is 1.78. The van der Waals surface area contributed by atoms with E-state index in [0.717, 1.165) is 10.8 Å². The van der Waals surface area contributed by atoms with Crippen LogP contribution in [0.3, 0.4) is 0 Å². The van der Waals surface area contributed by atoms with Crippen LogP contribution in [0.2, 0.25) is 0 Å². The van der Waals surface area contributed by atoms with Crippen molar-refractivity contribution in [3.8, 4) is 11.5 Å². The first-order valence-electron chi connectivity index (χ1n) is 8.26. The summed E-state index contributed by atoms with van der Waals surface area (Å²) in [5.41, 5.74) is 1.19. The summed E-state index contributed by atoms with van der Waals surface area (Å²) in [7, 11) is 2.79. The summed E-state index contributed by atoms with van der Waals surface area (Å²) in [4.78, 5) is 23.9. The second-order valence-corrected chi connectivity index (χ2v) is 5.68. The van der Waals surface area contributed by atoms with Gasteiger partial charge in [0, 0.05) is 6.08 Å². The van der Waals surface area contributed by atoms with Gasteiger partial charge in [-0.15, -0.1) is 0 Å². The van der Waals surface area contributed by atoms with Crippen molar-refractivity contribution in [2.24, 2.45) is 0 Å². The van der Waals surface area contributed by atoms with Crippen LogP contribution in [0.25, 0.3) is 16.8 Å². The van der Waals surface area contributed by atoms with Crippen molar-refractivity contribution < 1.29 is 23.8 Å². The summed E-state index contributed by atoms with van der Waals surface area (Å²) >= 11 is 0. The molecule has 0 N–H and O–H groups in total. The Kier molecular flexibility index (Phi) is 5.52. The number of esters is 2. The average Bonchev–Trinajstić information content (AvgIpc) is 2.72. The summed E-state index contributed by atoms with van der Waals surface area (Å²) < 4.78 is 15.4. The largest absolute Gasteiger partial charge is 0.493 e. The molecule has 0 amide bonds. The molecule has 3 aromatic rings. The van der Waals surface area contributed by atoms with E-state index in [9.17, 15) is 9.59 Å². The van der Waals surface area contributed by atoms with Crippen molar-refractivity contribution in [1.82, 2.24) is 0 Å². The van der Waals surface area contributed by atoms with Crippen molar-refractivity contribution in [3.05, 3.63) is 77.9 Å². The molecule has 5 heteroatoms. The number of methoxy groups -OCH3 is 2. The van der Waals surface area contributed by atoms with Crippen LogP contribution in [0.15, 0.2) is 66.7 Å². The first-order valence-corrected chi connectivity index (χ1v) is 8.26. The van der Waals surface area contributed by atoms with Gasteiger partial charge in [0.2, 0.25) is 0 Å². The summed E-state index contributed by atoms with van der Waals surface area (Å²) in [5.74, 6) is -0.246. The van der Waals surface area contributed by atoms with Crippen molar-refractivity contribution in [1.29, 1.82) is 0 Å². The molecule has 0 aliphatic rings. The lowest BCUT2D eigenvalue weighted by Gasteiger charge is -2.11. The molecule has 3 aromatic carbocycles. The van der Waals surface area contributed by atoms with E-state index in [-0.39, 0.29) is 0 Å². The fourth-order valence-corrected chi connectivity index (χ4v) is 2.66. The number of ether oxygens (including phenoxy) is 3. The Balaban J connectivity index is 1.87. The van der Waals surface area contributed by atoms with Crippen LogP contribution in [0.1, 0.15) is 15.9 Å². The van der Waals surface area contributed by atoms with Gasteiger partial charge in [-0.2, -0.15) is 0 Å². The zero-order valence-corrected chi connectivity index (χ0v) is 15.0. The fourth-order valence-electron chi connectivity index (χ4n) is 2.66. The predicted molar refractivity (Wildman–Crippen MR) is 103 cm³/mol. The van der Waals surface area contributed by atoms with Crippen LogP contribution in [-0.4, -0.2) is 26.2 Å². The minimum atomic E-state index is -0.469. The quantitative estimate of drug-likeness (QED) is 0.386. The van der Waals surface area contributed by atoms with Crippen LogP contribution in [-0.2, 0) is 9.53 Å². The molecule has 136 valence electrons. The molecule has 0 aliphatic heterocycles. The molecular weight excluding hydrogens is 344 g/mol. The molecule has 0 saturated heterocycles. The molecule has 0 aliphatic carbocycles. The van der Waals surface area contributed by atoms with E-state index >= 15 is 0 Å². The minimum Gasteiger partial charge on any atom is -0.493 e. The highest BCUT2D eigenvalue weighted by Gasteiger charge is 2.15. The van der Waals surface area contributed by atoms with Crippen LogP contribution in [0.4, 0.5) is 0 Å². The predicted octanol–water partition coefficient (Wildman–Crippen LogP) is 4.25. The molecule has 0 saturated carbocycles. The first-order chi connectivity index (χ1) is 13.1. The SMILES string of the molecule is COC(=O)/C=C/c1ccc(OC(=O)c2cccc3ccccc23)c(OC)c1. The standard InChI is InChI=1S/C22H18O5/c1-25-20-14-15(11-13-21(23)26-2)10-12-19(20)27-22(24)18-9-5-7-16-6-3-4-8-17(16)18/h3-14H,1-2H3/b13-11+. The minimum absolute atomic E-state index is 0.297. The van der Waals surface area contributed by atoms with Gasteiger partial charge in [-0.1, -0.05) is 42.5 Å². The molecule has 0 unspecified atom stereocenters. The van der Waals surface area contributed by atoms with Gasteiger partial charge in [0.1, 0.15) is 0 Å². The highest BCUT2D eigenvalue weighted by molar-refractivity contribution is 6.05. The number of hydrogen-bond acceptors (Lipinski definition) is 5. The van der Waals surface area contributed by atoms with Gasteiger partial charge in [-0.05, 0) is 40.6 Å². The average molecular weight is 362 g/mol. The Labute approximate surface area is 156 Å². The van der Waals surface area contributed by atoms with Crippen molar-refractivity contribution in [2.75, 3.05) is 14.2 Å². The third-order valence-electron chi connectivity index (χ3n) is 4.01. The second-order valence-electron chi connectivity index (χ2n) is 5.68. The van der Waals surface area contributed by atoms with Gasteiger partial charge >= 0.3 is 11.9 Å². The highest BCUT2D eigenvalue weighted by Crippen LogP contribution is 2.30. The second kappa shape index (κ2) is 8.19. The monoisotopic (exact) mass is 362 g/mol. The van der Waals surface area contributed by atoms with E-state index in [0.29, 0.717) is 22.6 Å². The Bertz CT molecular complexity index is 1010. The van der Waals surface area contributed by atoms with Gasteiger partial charge in [0.25, 0.3) is 0 Å². The normalized spacial score (nSPS) is 10.7.